The number of nitrogen functional groups attached to an aromatic ring is 1. The summed E-state index contributed by atoms with van der Waals surface area (Å²) in [6.07, 6.45) is 0. The van der Waals surface area contributed by atoms with Gasteiger partial charge in [-0.15, -0.1) is 0 Å². The van der Waals surface area contributed by atoms with Crippen molar-refractivity contribution >= 4 is 21.6 Å². The van der Waals surface area contributed by atoms with Gasteiger partial charge < -0.3 is 15.2 Å². The van der Waals surface area contributed by atoms with Crippen molar-refractivity contribution in [1.82, 2.24) is 0 Å². The molecule has 2 rings (SSSR count). The summed E-state index contributed by atoms with van der Waals surface area (Å²) in [4.78, 5) is 0. The molecule has 2 N–H and O–H groups in total. The van der Waals surface area contributed by atoms with Crippen molar-refractivity contribution in [2.75, 3.05) is 12.8 Å². The highest BCUT2D eigenvalue weighted by Gasteiger charge is 2.03. The van der Waals surface area contributed by atoms with Gasteiger partial charge in [-0.25, -0.2) is 0 Å². The summed E-state index contributed by atoms with van der Waals surface area (Å²) in [6, 6.07) is 13.4. The van der Waals surface area contributed by atoms with Crippen molar-refractivity contribution in [3.05, 3.63) is 52.5 Å². The second-order valence-corrected chi connectivity index (χ2v) is 4.65. The first kappa shape index (κ1) is 12.8. The largest absolute Gasteiger partial charge is 0.495 e. The standard InChI is InChI=1S/C14H14BrNO2/c1-17-14-7-6-10(8-12(14)16)9-18-13-5-3-2-4-11(13)15/h2-8H,9,16H2,1H3. The smallest absolute Gasteiger partial charge is 0.141 e. The lowest BCUT2D eigenvalue weighted by Gasteiger charge is -2.10. The summed E-state index contributed by atoms with van der Waals surface area (Å²) >= 11 is 3.44. The van der Waals surface area contributed by atoms with Gasteiger partial charge in [-0.05, 0) is 45.8 Å². The first-order valence-corrected chi connectivity index (χ1v) is 6.29. The SMILES string of the molecule is COc1ccc(COc2ccccc2Br)cc1N. The Hall–Kier alpha value is -1.68. The summed E-state index contributed by atoms with van der Waals surface area (Å²) < 4.78 is 11.8. The van der Waals surface area contributed by atoms with Gasteiger partial charge in [0.05, 0.1) is 17.3 Å². The fourth-order valence-corrected chi connectivity index (χ4v) is 2.00. The zero-order valence-corrected chi connectivity index (χ0v) is 11.6. The van der Waals surface area contributed by atoms with Crippen LogP contribution in [0.4, 0.5) is 5.69 Å². The Labute approximate surface area is 115 Å². The summed E-state index contributed by atoms with van der Waals surface area (Å²) in [7, 11) is 1.60. The van der Waals surface area contributed by atoms with Crippen molar-refractivity contribution in [1.29, 1.82) is 0 Å². The Morgan fingerprint density at radius 3 is 2.56 bits per heavy atom. The second-order valence-electron chi connectivity index (χ2n) is 3.80. The van der Waals surface area contributed by atoms with E-state index in [2.05, 4.69) is 15.9 Å². The van der Waals surface area contributed by atoms with E-state index in [1.165, 1.54) is 0 Å². The van der Waals surface area contributed by atoms with E-state index in [0.717, 1.165) is 15.8 Å². The van der Waals surface area contributed by atoms with Crippen LogP contribution in [-0.2, 0) is 6.61 Å². The molecule has 0 aliphatic rings. The average molecular weight is 308 g/mol. The predicted octanol–water partition coefficient (Wildman–Crippen LogP) is 3.62. The minimum atomic E-state index is 0.469. The molecule has 0 unspecified atom stereocenters. The zero-order chi connectivity index (χ0) is 13.0. The first-order valence-electron chi connectivity index (χ1n) is 5.50. The van der Waals surface area contributed by atoms with E-state index in [9.17, 15) is 0 Å². The van der Waals surface area contributed by atoms with Crippen LogP contribution in [0, 0.1) is 0 Å². The normalized spacial score (nSPS) is 10.1. The molecule has 0 fully saturated rings. The number of hydrogen-bond donors (Lipinski definition) is 1. The van der Waals surface area contributed by atoms with Crippen LogP contribution in [0.25, 0.3) is 0 Å². The molecule has 0 radical (unpaired) electrons. The van der Waals surface area contributed by atoms with Crippen molar-refractivity contribution in [3.63, 3.8) is 0 Å². The number of methoxy groups -OCH3 is 1. The Morgan fingerprint density at radius 1 is 1.11 bits per heavy atom. The van der Waals surface area contributed by atoms with Crippen LogP contribution < -0.4 is 15.2 Å². The lowest BCUT2D eigenvalue weighted by molar-refractivity contribution is 0.304. The fraction of sp³-hybridized carbons (Fsp3) is 0.143. The molecular formula is C14H14BrNO2. The molecule has 0 atom stereocenters. The van der Waals surface area contributed by atoms with Crippen molar-refractivity contribution in [2.45, 2.75) is 6.61 Å². The average Bonchev–Trinajstić information content (AvgIpc) is 2.38. The van der Waals surface area contributed by atoms with Gasteiger partial charge in [0.1, 0.15) is 18.1 Å². The molecule has 94 valence electrons. The maximum absolute atomic E-state index is 5.84. The van der Waals surface area contributed by atoms with Gasteiger partial charge >= 0.3 is 0 Å². The molecule has 3 nitrogen and oxygen atoms in total. The molecule has 0 saturated carbocycles. The van der Waals surface area contributed by atoms with Crippen LogP contribution in [0.1, 0.15) is 5.56 Å². The van der Waals surface area contributed by atoms with E-state index in [1.807, 2.05) is 42.5 Å². The van der Waals surface area contributed by atoms with Gasteiger partial charge in [-0.3, -0.25) is 0 Å². The minimum absolute atomic E-state index is 0.469. The number of para-hydroxylation sites is 1. The number of rotatable bonds is 4. The topological polar surface area (TPSA) is 44.5 Å². The molecule has 18 heavy (non-hydrogen) atoms. The van der Waals surface area contributed by atoms with E-state index < -0.39 is 0 Å². The fourth-order valence-electron chi connectivity index (χ4n) is 1.60. The third-order valence-electron chi connectivity index (χ3n) is 2.53. The van der Waals surface area contributed by atoms with Crippen LogP contribution in [0.2, 0.25) is 0 Å². The molecule has 0 aromatic heterocycles. The summed E-state index contributed by atoms with van der Waals surface area (Å²) in [5.41, 5.74) is 7.46. The second kappa shape index (κ2) is 5.78. The monoisotopic (exact) mass is 307 g/mol. The van der Waals surface area contributed by atoms with Crippen LogP contribution in [-0.4, -0.2) is 7.11 Å². The molecule has 2 aromatic carbocycles. The van der Waals surface area contributed by atoms with Gasteiger partial charge in [-0.2, -0.15) is 0 Å². The third kappa shape index (κ3) is 2.96. The van der Waals surface area contributed by atoms with E-state index in [1.54, 1.807) is 7.11 Å². The number of halogens is 1. The van der Waals surface area contributed by atoms with Crippen LogP contribution >= 0.6 is 15.9 Å². The van der Waals surface area contributed by atoms with Crippen molar-refractivity contribution < 1.29 is 9.47 Å². The van der Waals surface area contributed by atoms with Gasteiger partial charge in [0, 0.05) is 0 Å². The number of anilines is 1. The zero-order valence-electron chi connectivity index (χ0n) is 10.0. The maximum Gasteiger partial charge on any atom is 0.141 e. The summed E-state index contributed by atoms with van der Waals surface area (Å²) in [5.74, 6) is 1.49. The van der Waals surface area contributed by atoms with E-state index in [0.29, 0.717) is 18.0 Å². The molecule has 0 heterocycles. The molecule has 0 spiro atoms. The number of ether oxygens (including phenoxy) is 2. The predicted molar refractivity (Wildman–Crippen MR) is 75.9 cm³/mol. The Kier molecular flexibility index (Phi) is 4.10. The Morgan fingerprint density at radius 2 is 1.89 bits per heavy atom. The van der Waals surface area contributed by atoms with Gasteiger partial charge in [0.15, 0.2) is 0 Å². The van der Waals surface area contributed by atoms with Crippen LogP contribution in [0.15, 0.2) is 46.9 Å². The molecular weight excluding hydrogens is 294 g/mol. The molecule has 0 bridgehead atoms. The van der Waals surface area contributed by atoms with E-state index in [4.69, 9.17) is 15.2 Å². The first-order chi connectivity index (χ1) is 8.70. The van der Waals surface area contributed by atoms with Gasteiger partial charge in [0.25, 0.3) is 0 Å². The van der Waals surface area contributed by atoms with E-state index in [-0.39, 0.29) is 0 Å². The van der Waals surface area contributed by atoms with Crippen LogP contribution in [0.3, 0.4) is 0 Å². The molecule has 2 aromatic rings. The highest BCUT2D eigenvalue weighted by atomic mass is 79.9. The highest BCUT2D eigenvalue weighted by Crippen LogP contribution is 2.26. The minimum Gasteiger partial charge on any atom is -0.495 e. The maximum atomic E-state index is 5.84. The third-order valence-corrected chi connectivity index (χ3v) is 3.18. The van der Waals surface area contributed by atoms with Gasteiger partial charge in [0.2, 0.25) is 0 Å². The highest BCUT2D eigenvalue weighted by molar-refractivity contribution is 9.10. The lowest BCUT2D eigenvalue weighted by Crippen LogP contribution is -1.98. The van der Waals surface area contributed by atoms with Gasteiger partial charge in [-0.1, -0.05) is 18.2 Å². The Bertz CT molecular complexity index is 543. The van der Waals surface area contributed by atoms with Crippen LogP contribution in [0.5, 0.6) is 11.5 Å². The molecule has 0 aliphatic carbocycles. The van der Waals surface area contributed by atoms with Crippen molar-refractivity contribution in [2.24, 2.45) is 0 Å². The molecule has 4 heteroatoms. The van der Waals surface area contributed by atoms with Crippen molar-refractivity contribution in [3.8, 4) is 11.5 Å². The molecule has 0 aliphatic heterocycles. The number of nitrogens with two attached hydrogens (primary N) is 1. The quantitative estimate of drug-likeness (QED) is 0.877. The molecule has 0 saturated heterocycles. The molecule has 0 amide bonds. The lowest BCUT2D eigenvalue weighted by atomic mass is 10.2. The summed E-state index contributed by atoms with van der Waals surface area (Å²) in [5, 5.41) is 0. The Balaban J connectivity index is 2.07. The number of benzene rings is 2. The summed E-state index contributed by atoms with van der Waals surface area (Å²) in [6.45, 7) is 0.469. The number of hydrogen-bond acceptors (Lipinski definition) is 3. The van der Waals surface area contributed by atoms with E-state index >= 15 is 0 Å².